The maximum atomic E-state index is 13.9. The van der Waals surface area contributed by atoms with Crippen molar-refractivity contribution in [2.45, 2.75) is 25.4 Å². The second-order valence-electron chi connectivity index (χ2n) is 9.46. The summed E-state index contributed by atoms with van der Waals surface area (Å²) >= 11 is 6.34. The Morgan fingerprint density at radius 2 is 1.79 bits per heavy atom. The highest BCUT2D eigenvalue weighted by Crippen LogP contribution is 2.36. The zero-order valence-electron chi connectivity index (χ0n) is 21.6. The van der Waals surface area contributed by atoms with Crippen LogP contribution in [0.15, 0.2) is 63.9 Å². The van der Waals surface area contributed by atoms with Crippen molar-refractivity contribution in [2.24, 2.45) is 0 Å². The number of amides is 2. The van der Waals surface area contributed by atoms with Crippen molar-refractivity contribution in [1.82, 2.24) is 19.6 Å². The van der Waals surface area contributed by atoms with Gasteiger partial charge in [0.1, 0.15) is 11.5 Å². The third kappa shape index (κ3) is 4.49. The van der Waals surface area contributed by atoms with Gasteiger partial charge in [-0.1, -0.05) is 22.8 Å². The fraction of sp³-hybridized carbons (Fsp3) is 0.185. The van der Waals surface area contributed by atoms with E-state index in [4.69, 9.17) is 25.6 Å². The van der Waals surface area contributed by atoms with Crippen molar-refractivity contribution in [2.75, 3.05) is 7.11 Å². The molecular weight excluding hydrogens is 585 g/mol. The minimum atomic E-state index is -4.97. The number of fused-ring (bicyclic) bond motifs is 2. The lowest BCUT2D eigenvalue weighted by molar-refractivity contribution is -0.274. The van der Waals surface area contributed by atoms with Gasteiger partial charge < -0.3 is 18.7 Å². The smallest absolute Gasteiger partial charge is 0.497 e. The maximum Gasteiger partial charge on any atom is 0.573 e. The molecule has 11 nitrogen and oxygen atoms in total. The summed E-state index contributed by atoms with van der Waals surface area (Å²) in [5.41, 5.74) is -1.21. The molecule has 5 aromatic rings. The number of methoxy groups -OCH3 is 1. The number of imide groups is 1. The zero-order valence-corrected chi connectivity index (χ0v) is 22.4. The van der Waals surface area contributed by atoms with E-state index in [-0.39, 0.29) is 34.0 Å². The number of carbonyl (C=O) groups is 2. The minimum Gasteiger partial charge on any atom is -0.497 e. The molecule has 2 aromatic heterocycles. The topological polar surface area (TPSA) is 127 Å². The SMILES string of the molecule is COc1ccc2c(-n3c(=O)n(Cc4ccc(Cl)c([C@]5(C)OC(=O)NC5=O)c4)c4cc(OC(F)(F)F)ccc43)noc2c1. The first-order chi connectivity index (χ1) is 19.9. The van der Waals surface area contributed by atoms with Gasteiger partial charge in [0.15, 0.2) is 11.4 Å². The maximum absolute atomic E-state index is 13.9. The van der Waals surface area contributed by atoms with Crippen molar-refractivity contribution < 1.29 is 41.5 Å². The largest absolute Gasteiger partial charge is 0.573 e. The lowest BCUT2D eigenvalue weighted by Gasteiger charge is -2.21. The molecule has 1 atom stereocenters. The van der Waals surface area contributed by atoms with Crippen molar-refractivity contribution >= 4 is 45.6 Å². The van der Waals surface area contributed by atoms with Gasteiger partial charge in [-0.3, -0.25) is 14.7 Å². The van der Waals surface area contributed by atoms with E-state index in [1.165, 1.54) is 41.4 Å². The molecule has 15 heteroatoms. The quantitative estimate of drug-likeness (QED) is 0.287. The van der Waals surface area contributed by atoms with Gasteiger partial charge in [-0.2, -0.15) is 0 Å². The molecule has 1 aliphatic rings. The van der Waals surface area contributed by atoms with E-state index in [1.54, 1.807) is 24.3 Å². The number of benzene rings is 3. The van der Waals surface area contributed by atoms with Crippen LogP contribution < -0.4 is 20.5 Å². The number of hydrogen-bond donors (Lipinski definition) is 1. The van der Waals surface area contributed by atoms with Crippen LogP contribution in [0.25, 0.3) is 27.8 Å². The van der Waals surface area contributed by atoms with Crippen LogP contribution in [0.4, 0.5) is 18.0 Å². The van der Waals surface area contributed by atoms with Gasteiger partial charge >= 0.3 is 18.1 Å². The molecule has 6 rings (SSSR count). The van der Waals surface area contributed by atoms with Crippen molar-refractivity contribution in [3.05, 3.63) is 81.2 Å². The third-order valence-electron chi connectivity index (χ3n) is 6.84. The Kier molecular flexibility index (Phi) is 6.18. The van der Waals surface area contributed by atoms with Crippen LogP contribution in [-0.4, -0.2) is 39.8 Å². The molecule has 0 spiro atoms. The number of imidazole rings is 1. The summed E-state index contributed by atoms with van der Waals surface area (Å²) in [4.78, 5) is 38.1. The number of halogens is 4. The van der Waals surface area contributed by atoms with E-state index < -0.39 is 35.4 Å². The Balaban J connectivity index is 1.52. The summed E-state index contributed by atoms with van der Waals surface area (Å²) in [5, 5.41) is 6.67. The van der Waals surface area contributed by atoms with Crippen molar-refractivity contribution in [3.63, 3.8) is 0 Å². The summed E-state index contributed by atoms with van der Waals surface area (Å²) in [5.74, 6) is -0.689. The molecule has 1 fully saturated rings. The average Bonchev–Trinajstić information content (AvgIpc) is 3.54. The van der Waals surface area contributed by atoms with Crippen LogP contribution in [0.2, 0.25) is 5.02 Å². The molecule has 42 heavy (non-hydrogen) atoms. The summed E-state index contributed by atoms with van der Waals surface area (Å²) in [6.45, 7) is 1.18. The molecule has 216 valence electrons. The molecule has 3 aromatic carbocycles. The fourth-order valence-corrected chi connectivity index (χ4v) is 5.15. The average molecular weight is 603 g/mol. The Morgan fingerprint density at radius 3 is 2.48 bits per heavy atom. The fourth-order valence-electron chi connectivity index (χ4n) is 4.85. The van der Waals surface area contributed by atoms with Gasteiger partial charge in [0.25, 0.3) is 5.91 Å². The van der Waals surface area contributed by atoms with Crippen molar-refractivity contribution in [3.8, 4) is 17.3 Å². The van der Waals surface area contributed by atoms with Crippen LogP contribution in [0.5, 0.6) is 11.5 Å². The van der Waals surface area contributed by atoms with Crippen LogP contribution in [0, 0.1) is 0 Å². The number of ether oxygens (including phenoxy) is 3. The van der Waals surface area contributed by atoms with E-state index in [0.717, 1.165) is 12.1 Å². The van der Waals surface area contributed by atoms with Crippen LogP contribution in [0.1, 0.15) is 18.1 Å². The number of alkyl carbamates (subject to hydrolysis) is 1. The van der Waals surface area contributed by atoms with E-state index in [2.05, 4.69) is 15.2 Å². The Labute approximate surface area is 237 Å². The summed E-state index contributed by atoms with van der Waals surface area (Å²) in [6, 6.07) is 12.8. The molecule has 0 saturated carbocycles. The molecule has 1 N–H and O–H groups in total. The molecule has 0 bridgehead atoms. The second kappa shape index (κ2) is 9.55. The van der Waals surface area contributed by atoms with Crippen molar-refractivity contribution in [1.29, 1.82) is 0 Å². The number of hydrogen-bond acceptors (Lipinski definition) is 8. The number of alkyl halides is 3. The molecule has 1 aliphatic heterocycles. The Hall–Kier alpha value is -4.98. The first-order valence-electron chi connectivity index (χ1n) is 12.2. The predicted octanol–water partition coefficient (Wildman–Crippen LogP) is 5.02. The Morgan fingerprint density at radius 1 is 1.02 bits per heavy atom. The van der Waals surface area contributed by atoms with Gasteiger partial charge in [0, 0.05) is 22.7 Å². The molecule has 0 radical (unpaired) electrons. The van der Waals surface area contributed by atoms with Gasteiger partial charge in [-0.15, -0.1) is 13.2 Å². The standard InChI is InChI=1S/C27H18ClF3N4O7/c1-26(23(36)32-24(37)41-26)17-9-13(3-7-18(17)28)12-34-20-10-15(40-27(29,30)31)5-8-19(20)35(25(34)38)22-16-6-4-14(39-2)11-21(16)42-33-22/h3-11H,12H2,1-2H3,(H,32,36,37)/t26-/m0/s1. The van der Waals surface area contributed by atoms with Gasteiger partial charge in [-0.25, -0.2) is 14.2 Å². The highest BCUT2D eigenvalue weighted by molar-refractivity contribution is 6.32. The molecular formula is C27H18ClF3N4O7. The lowest BCUT2D eigenvalue weighted by Crippen LogP contribution is -2.33. The Bertz CT molecular complexity index is 1980. The summed E-state index contributed by atoms with van der Waals surface area (Å²) in [6.07, 6.45) is -5.92. The van der Waals surface area contributed by atoms with Gasteiger partial charge in [0.2, 0.25) is 5.60 Å². The summed E-state index contributed by atoms with van der Waals surface area (Å²) < 4.78 is 61.5. The first-order valence-corrected chi connectivity index (χ1v) is 12.5. The molecule has 0 unspecified atom stereocenters. The van der Waals surface area contributed by atoms with Gasteiger partial charge in [0.05, 0.1) is 30.1 Å². The number of nitrogens with one attached hydrogen (secondary N) is 1. The number of cyclic esters (lactones) is 1. The van der Waals surface area contributed by atoms with E-state index >= 15 is 0 Å². The minimum absolute atomic E-state index is 0.0826. The van der Waals surface area contributed by atoms with E-state index in [1.807, 2.05) is 0 Å². The molecule has 0 aliphatic carbocycles. The number of carbonyl (C=O) groups excluding carboxylic acids is 2. The highest BCUT2D eigenvalue weighted by Gasteiger charge is 2.47. The number of nitrogens with zero attached hydrogens (tertiary/aromatic N) is 3. The second-order valence-corrected chi connectivity index (χ2v) is 9.87. The van der Waals surface area contributed by atoms with Crippen LogP contribution in [0.3, 0.4) is 0 Å². The van der Waals surface area contributed by atoms with Gasteiger partial charge in [-0.05, 0) is 48.9 Å². The van der Waals surface area contributed by atoms with E-state index in [0.29, 0.717) is 22.3 Å². The first kappa shape index (κ1) is 27.2. The monoisotopic (exact) mass is 602 g/mol. The normalized spacial score (nSPS) is 17.1. The lowest BCUT2D eigenvalue weighted by atomic mass is 9.93. The van der Waals surface area contributed by atoms with E-state index in [9.17, 15) is 27.6 Å². The third-order valence-corrected chi connectivity index (χ3v) is 7.17. The molecule has 1 saturated heterocycles. The highest BCUT2D eigenvalue weighted by atomic mass is 35.5. The van der Waals surface area contributed by atoms with Crippen LogP contribution in [-0.2, 0) is 21.7 Å². The zero-order chi connectivity index (χ0) is 30.0. The number of rotatable bonds is 6. The molecule has 3 heterocycles. The van der Waals surface area contributed by atoms with Crippen LogP contribution >= 0.6 is 11.6 Å². The molecule has 2 amide bonds. The number of aromatic nitrogens is 3. The summed E-state index contributed by atoms with van der Waals surface area (Å²) in [7, 11) is 1.48. The predicted molar refractivity (Wildman–Crippen MR) is 141 cm³/mol.